The first kappa shape index (κ1) is 28.9. The van der Waals surface area contributed by atoms with Gasteiger partial charge in [0.1, 0.15) is 18.4 Å². The molecule has 0 heterocycles. The molecule has 0 saturated heterocycles. The molecule has 0 saturated carbocycles. The van der Waals surface area contributed by atoms with E-state index < -0.39 is 34.3 Å². The van der Waals surface area contributed by atoms with Crippen molar-refractivity contribution in [2.45, 2.75) is 52.2 Å². The summed E-state index contributed by atoms with van der Waals surface area (Å²) in [7, 11) is -3.91. The third-order valence-electron chi connectivity index (χ3n) is 5.57. The van der Waals surface area contributed by atoms with Crippen molar-refractivity contribution in [2.24, 2.45) is 0 Å². The minimum Gasteiger partial charge on any atom is -0.352 e. The Morgan fingerprint density at radius 2 is 1.60 bits per heavy atom. The van der Waals surface area contributed by atoms with Gasteiger partial charge in [0.05, 0.1) is 11.9 Å². The van der Waals surface area contributed by atoms with Crippen LogP contribution in [0, 0.1) is 5.82 Å². The highest BCUT2D eigenvalue weighted by atomic mass is 35.5. The number of nitrogens with one attached hydrogen (secondary N) is 1. The topological polar surface area (TPSA) is 86.8 Å². The number of benzene rings is 2. The van der Waals surface area contributed by atoms with Crippen LogP contribution in [0.4, 0.5) is 10.1 Å². The molecule has 0 bridgehead atoms. The second-order valence-corrected chi connectivity index (χ2v) is 10.9. The highest BCUT2D eigenvalue weighted by Gasteiger charge is 2.32. The summed E-state index contributed by atoms with van der Waals surface area (Å²) in [5.74, 6) is -1.55. The quantitative estimate of drug-likeness (QED) is 0.446. The van der Waals surface area contributed by atoms with Gasteiger partial charge >= 0.3 is 0 Å². The minimum atomic E-state index is -3.91. The van der Waals surface area contributed by atoms with Crippen LogP contribution in [0.1, 0.15) is 39.2 Å². The lowest BCUT2D eigenvalue weighted by atomic mass is 10.1. The number of carbonyl (C=O) groups is 2. The molecule has 11 heteroatoms. The monoisotopic (exact) mass is 545 g/mol. The maximum atomic E-state index is 13.6. The Morgan fingerprint density at radius 3 is 2.09 bits per heavy atom. The van der Waals surface area contributed by atoms with Crippen LogP contribution in [-0.4, -0.2) is 50.0 Å². The van der Waals surface area contributed by atoms with Crippen molar-refractivity contribution in [2.75, 3.05) is 17.1 Å². The molecular weight excluding hydrogens is 516 g/mol. The summed E-state index contributed by atoms with van der Waals surface area (Å²) in [6.45, 7) is 4.82. The summed E-state index contributed by atoms with van der Waals surface area (Å²) in [6, 6.07) is 8.62. The second-order valence-electron chi connectivity index (χ2n) is 8.21. The molecule has 0 fully saturated rings. The van der Waals surface area contributed by atoms with Crippen LogP contribution in [0.15, 0.2) is 42.5 Å². The zero-order valence-corrected chi connectivity index (χ0v) is 22.4. The Labute approximate surface area is 216 Å². The number of hydrogen-bond acceptors (Lipinski definition) is 4. The fourth-order valence-corrected chi connectivity index (χ4v) is 4.80. The van der Waals surface area contributed by atoms with Gasteiger partial charge in [-0.3, -0.25) is 13.9 Å². The molecule has 2 aromatic rings. The van der Waals surface area contributed by atoms with Crippen LogP contribution in [0.3, 0.4) is 0 Å². The molecule has 0 spiro atoms. The molecule has 2 amide bonds. The first-order chi connectivity index (χ1) is 16.4. The lowest BCUT2D eigenvalue weighted by Crippen LogP contribution is -2.53. The van der Waals surface area contributed by atoms with Gasteiger partial charge < -0.3 is 10.2 Å². The molecule has 0 aromatic heterocycles. The Kier molecular flexibility index (Phi) is 10.4. The van der Waals surface area contributed by atoms with Crippen molar-refractivity contribution in [1.29, 1.82) is 0 Å². The molecule has 0 aliphatic rings. The SMILES string of the molecule is CC[C@H](C)NC(=O)[C@H](CC)N(Cc1c(Cl)cccc1Cl)C(=O)CN(c1ccc(F)cc1)S(C)(=O)=O. The van der Waals surface area contributed by atoms with E-state index in [1.165, 1.54) is 17.0 Å². The fraction of sp³-hybridized carbons (Fsp3) is 0.417. The summed E-state index contributed by atoms with van der Waals surface area (Å²) >= 11 is 12.7. The number of anilines is 1. The number of rotatable bonds is 11. The maximum absolute atomic E-state index is 13.6. The first-order valence-electron chi connectivity index (χ1n) is 11.1. The molecule has 2 aromatic carbocycles. The summed E-state index contributed by atoms with van der Waals surface area (Å²) in [5, 5.41) is 3.50. The number of carbonyl (C=O) groups excluding carboxylic acids is 2. The van der Waals surface area contributed by atoms with Crippen molar-refractivity contribution < 1.29 is 22.4 Å². The molecule has 7 nitrogen and oxygen atoms in total. The van der Waals surface area contributed by atoms with Crippen LogP contribution in [-0.2, 0) is 26.2 Å². The van der Waals surface area contributed by atoms with Gasteiger partial charge in [-0.1, -0.05) is 43.1 Å². The van der Waals surface area contributed by atoms with E-state index in [0.29, 0.717) is 22.0 Å². The largest absolute Gasteiger partial charge is 0.352 e. The van der Waals surface area contributed by atoms with Gasteiger partial charge in [0.2, 0.25) is 21.8 Å². The van der Waals surface area contributed by atoms with E-state index >= 15 is 0 Å². The molecule has 0 radical (unpaired) electrons. The third-order valence-corrected chi connectivity index (χ3v) is 7.42. The number of hydrogen-bond donors (Lipinski definition) is 1. The zero-order chi connectivity index (χ0) is 26.3. The number of amides is 2. The molecular formula is C24H30Cl2FN3O4S. The predicted octanol–water partition coefficient (Wildman–Crippen LogP) is 4.62. The van der Waals surface area contributed by atoms with Crippen molar-refractivity contribution in [1.82, 2.24) is 10.2 Å². The van der Waals surface area contributed by atoms with Crippen LogP contribution in [0.5, 0.6) is 0 Å². The van der Waals surface area contributed by atoms with E-state index in [4.69, 9.17) is 23.2 Å². The van der Waals surface area contributed by atoms with Crippen molar-refractivity contribution in [3.8, 4) is 0 Å². The average Bonchev–Trinajstić information content (AvgIpc) is 2.78. The standard InChI is InChI=1S/C24H30Cl2FN3O4S/c1-5-16(3)28-24(32)22(6-2)29(14-19-20(25)8-7-9-21(19)26)23(31)15-30(35(4,33)34)18-12-10-17(27)11-13-18/h7-13,16,22H,5-6,14-15H2,1-4H3,(H,28,32)/t16-,22-/m0/s1. The molecule has 1 N–H and O–H groups in total. The molecule has 0 aliphatic carbocycles. The van der Waals surface area contributed by atoms with Crippen LogP contribution in [0.25, 0.3) is 0 Å². The molecule has 2 rings (SSSR count). The summed E-state index contributed by atoms with van der Waals surface area (Å²) in [4.78, 5) is 28.0. The van der Waals surface area contributed by atoms with Gasteiger partial charge in [-0.25, -0.2) is 12.8 Å². The first-order valence-corrected chi connectivity index (χ1v) is 13.7. The van der Waals surface area contributed by atoms with Gasteiger partial charge in [-0.2, -0.15) is 0 Å². The van der Waals surface area contributed by atoms with E-state index in [-0.39, 0.29) is 30.6 Å². The number of halogens is 3. The molecule has 35 heavy (non-hydrogen) atoms. The van der Waals surface area contributed by atoms with E-state index in [2.05, 4.69) is 5.32 Å². The average molecular weight is 546 g/mol. The smallest absolute Gasteiger partial charge is 0.244 e. The van der Waals surface area contributed by atoms with Gasteiger partial charge in [0.15, 0.2) is 0 Å². The van der Waals surface area contributed by atoms with Crippen LogP contribution >= 0.6 is 23.2 Å². The van der Waals surface area contributed by atoms with Gasteiger partial charge in [-0.15, -0.1) is 0 Å². The second kappa shape index (κ2) is 12.6. The number of nitrogens with zero attached hydrogens (tertiary/aromatic N) is 2. The van der Waals surface area contributed by atoms with E-state index in [9.17, 15) is 22.4 Å². The lowest BCUT2D eigenvalue weighted by Gasteiger charge is -2.33. The Morgan fingerprint density at radius 1 is 1.03 bits per heavy atom. The fourth-order valence-electron chi connectivity index (χ4n) is 3.44. The number of sulfonamides is 1. The Hall–Kier alpha value is -2.36. The highest BCUT2D eigenvalue weighted by molar-refractivity contribution is 7.92. The van der Waals surface area contributed by atoms with E-state index in [1.807, 2.05) is 13.8 Å². The van der Waals surface area contributed by atoms with Crippen LogP contribution < -0.4 is 9.62 Å². The van der Waals surface area contributed by atoms with Crippen molar-refractivity contribution >= 4 is 50.7 Å². The van der Waals surface area contributed by atoms with Crippen molar-refractivity contribution in [3.05, 3.63) is 63.9 Å². The summed E-state index contributed by atoms with van der Waals surface area (Å²) in [5.41, 5.74) is 0.557. The van der Waals surface area contributed by atoms with Crippen molar-refractivity contribution in [3.63, 3.8) is 0 Å². The Balaban J connectivity index is 2.49. The van der Waals surface area contributed by atoms with Gasteiger partial charge in [0.25, 0.3) is 0 Å². The molecule has 192 valence electrons. The molecule has 2 atom stereocenters. The highest BCUT2D eigenvalue weighted by Crippen LogP contribution is 2.27. The summed E-state index contributed by atoms with van der Waals surface area (Å²) < 4.78 is 39.4. The predicted molar refractivity (Wildman–Crippen MR) is 138 cm³/mol. The Bertz CT molecular complexity index is 1130. The third kappa shape index (κ3) is 7.81. The molecule has 0 aliphatic heterocycles. The lowest BCUT2D eigenvalue weighted by molar-refractivity contribution is -0.140. The normalized spacial score (nSPS) is 13.1. The van der Waals surface area contributed by atoms with Gasteiger partial charge in [-0.05, 0) is 56.2 Å². The van der Waals surface area contributed by atoms with Gasteiger partial charge in [0, 0.05) is 28.2 Å². The molecule has 0 unspecified atom stereocenters. The maximum Gasteiger partial charge on any atom is 0.244 e. The summed E-state index contributed by atoms with van der Waals surface area (Å²) in [6.07, 6.45) is 1.91. The van der Waals surface area contributed by atoms with Crippen LogP contribution in [0.2, 0.25) is 10.0 Å². The van der Waals surface area contributed by atoms with E-state index in [0.717, 1.165) is 22.7 Å². The minimum absolute atomic E-state index is 0.106. The zero-order valence-electron chi connectivity index (χ0n) is 20.1. The van der Waals surface area contributed by atoms with E-state index in [1.54, 1.807) is 25.1 Å².